The van der Waals surface area contributed by atoms with E-state index < -0.39 is 0 Å². The lowest BCUT2D eigenvalue weighted by Gasteiger charge is -2.12. The summed E-state index contributed by atoms with van der Waals surface area (Å²) >= 11 is 0. The Hall–Kier alpha value is -1.31. The van der Waals surface area contributed by atoms with Crippen LogP contribution in [0.2, 0.25) is 0 Å². The quantitative estimate of drug-likeness (QED) is 0.707. The molecule has 0 bridgehead atoms. The predicted octanol–water partition coefficient (Wildman–Crippen LogP) is 3.15. The topological polar surface area (TPSA) is 26.3 Å². The summed E-state index contributed by atoms with van der Waals surface area (Å²) in [5.74, 6) is 1.16. The highest BCUT2D eigenvalue weighted by Crippen LogP contribution is 2.22. The Labute approximate surface area is 91.3 Å². The van der Waals surface area contributed by atoms with Crippen LogP contribution in [0.1, 0.15) is 35.3 Å². The molecule has 0 fully saturated rings. The number of aldehydes is 1. The van der Waals surface area contributed by atoms with Crippen molar-refractivity contribution in [3.05, 3.63) is 28.8 Å². The summed E-state index contributed by atoms with van der Waals surface area (Å²) in [5, 5.41) is 0. The Morgan fingerprint density at radius 1 is 1.27 bits per heavy atom. The van der Waals surface area contributed by atoms with E-state index in [1.54, 1.807) is 0 Å². The molecule has 0 saturated heterocycles. The van der Waals surface area contributed by atoms with E-state index in [0.29, 0.717) is 23.8 Å². The smallest absolute Gasteiger partial charge is 0.153 e. The Balaban J connectivity index is 2.94. The van der Waals surface area contributed by atoms with Gasteiger partial charge in [0.1, 0.15) is 5.75 Å². The van der Waals surface area contributed by atoms with Crippen molar-refractivity contribution in [2.24, 2.45) is 5.92 Å². The molecule has 2 nitrogen and oxygen atoms in total. The average molecular weight is 206 g/mol. The van der Waals surface area contributed by atoms with Crippen LogP contribution in [0.3, 0.4) is 0 Å². The number of benzene rings is 1. The fraction of sp³-hybridized carbons (Fsp3) is 0.462. The van der Waals surface area contributed by atoms with Crippen LogP contribution in [0, 0.1) is 19.8 Å². The van der Waals surface area contributed by atoms with Crippen LogP contribution in [0.5, 0.6) is 5.75 Å². The summed E-state index contributed by atoms with van der Waals surface area (Å²) in [5.41, 5.74) is 2.91. The summed E-state index contributed by atoms with van der Waals surface area (Å²) in [6, 6.07) is 3.80. The summed E-state index contributed by atoms with van der Waals surface area (Å²) in [6.45, 7) is 8.83. The van der Waals surface area contributed by atoms with Gasteiger partial charge in [-0.05, 0) is 43.0 Å². The monoisotopic (exact) mass is 206 g/mol. The molecule has 15 heavy (non-hydrogen) atoms. The molecule has 0 saturated carbocycles. The lowest BCUT2D eigenvalue weighted by Crippen LogP contribution is -2.06. The number of hydrogen-bond acceptors (Lipinski definition) is 2. The Bertz CT molecular complexity index is 354. The van der Waals surface area contributed by atoms with E-state index >= 15 is 0 Å². The third-order valence-corrected chi connectivity index (χ3v) is 2.33. The summed E-state index contributed by atoms with van der Waals surface area (Å²) in [4.78, 5) is 10.9. The SMILES string of the molecule is Cc1cc(C=O)c(OCC(C)C)cc1C. The zero-order valence-corrected chi connectivity index (χ0v) is 9.83. The minimum Gasteiger partial charge on any atom is -0.493 e. The molecule has 1 aromatic carbocycles. The fourth-order valence-electron chi connectivity index (χ4n) is 1.29. The standard InChI is InChI=1S/C13H18O2/c1-9(2)8-15-13-6-11(4)10(3)5-12(13)7-14/h5-7,9H,8H2,1-4H3. The third-order valence-electron chi connectivity index (χ3n) is 2.33. The van der Waals surface area contributed by atoms with E-state index in [-0.39, 0.29) is 0 Å². The summed E-state index contributed by atoms with van der Waals surface area (Å²) in [6.07, 6.45) is 0.849. The minimum absolute atomic E-state index is 0.464. The fourth-order valence-corrected chi connectivity index (χ4v) is 1.29. The van der Waals surface area contributed by atoms with Crippen LogP contribution in [-0.2, 0) is 0 Å². The lowest BCUT2D eigenvalue weighted by atomic mass is 10.1. The first kappa shape index (κ1) is 11.8. The van der Waals surface area contributed by atoms with Gasteiger partial charge in [-0.1, -0.05) is 13.8 Å². The molecule has 1 aromatic rings. The first-order valence-electron chi connectivity index (χ1n) is 5.23. The zero-order chi connectivity index (χ0) is 11.4. The van der Waals surface area contributed by atoms with E-state index in [1.165, 1.54) is 0 Å². The first-order valence-corrected chi connectivity index (χ1v) is 5.23. The third kappa shape index (κ3) is 3.08. The van der Waals surface area contributed by atoms with Crippen molar-refractivity contribution in [1.82, 2.24) is 0 Å². The van der Waals surface area contributed by atoms with Gasteiger partial charge in [0.2, 0.25) is 0 Å². The van der Waals surface area contributed by atoms with Gasteiger partial charge in [0, 0.05) is 0 Å². The first-order chi connectivity index (χ1) is 7.04. The molecule has 0 amide bonds. The second-order valence-corrected chi connectivity index (χ2v) is 4.30. The average Bonchev–Trinajstić information content (AvgIpc) is 2.19. The Morgan fingerprint density at radius 3 is 2.40 bits per heavy atom. The second kappa shape index (κ2) is 4.96. The van der Waals surface area contributed by atoms with Crippen molar-refractivity contribution in [2.45, 2.75) is 27.7 Å². The normalized spacial score (nSPS) is 10.5. The largest absolute Gasteiger partial charge is 0.493 e. The molecule has 2 heteroatoms. The molecule has 1 rings (SSSR count). The molecule has 0 spiro atoms. The number of ether oxygens (including phenoxy) is 1. The molecule has 0 aliphatic heterocycles. The van der Waals surface area contributed by atoms with Crippen molar-refractivity contribution >= 4 is 6.29 Å². The highest BCUT2D eigenvalue weighted by Gasteiger charge is 2.06. The Kier molecular flexibility index (Phi) is 3.89. The highest BCUT2D eigenvalue weighted by molar-refractivity contribution is 5.80. The van der Waals surface area contributed by atoms with E-state index in [9.17, 15) is 4.79 Å². The molecule has 0 heterocycles. The van der Waals surface area contributed by atoms with Crippen molar-refractivity contribution < 1.29 is 9.53 Å². The van der Waals surface area contributed by atoms with Crippen molar-refractivity contribution in [3.8, 4) is 5.75 Å². The van der Waals surface area contributed by atoms with Gasteiger partial charge in [-0.25, -0.2) is 0 Å². The number of hydrogen-bond donors (Lipinski definition) is 0. The van der Waals surface area contributed by atoms with Crippen LogP contribution in [0.4, 0.5) is 0 Å². The van der Waals surface area contributed by atoms with Gasteiger partial charge in [-0.2, -0.15) is 0 Å². The maximum atomic E-state index is 10.9. The lowest BCUT2D eigenvalue weighted by molar-refractivity contribution is 0.111. The highest BCUT2D eigenvalue weighted by atomic mass is 16.5. The van der Waals surface area contributed by atoms with Gasteiger partial charge in [0.05, 0.1) is 12.2 Å². The van der Waals surface area contributed by atoms with Crippen molar-refractivity contribution in [2.75, 3.05) is 6.61 Å². The number of carbonyl (C=O) groups is 1. The van der Waals surface area contributed by atoms with Gasteiger partial charge in [0.25, 0.3) is 0 Å². The minimum atomic E-state index is 0.464. The number of aryl methyl sites for hydroxylation is 2. The van der Waals surface area contributed by atoms with Crippen LogP contribution in [-0.4, -0.2) is 12.9 Å². The van der Waals surface area contributed by atoms with E-state index in [4.69, 9.17) is 4.74 Å². The van der Waals surface area contributed by atoms with Gasteiger partial charge in [0.15, 0.2) is 6.29 Å². The molecular formula is C13H18O2. The van der Waals surface area contributed by atoms with E-state index in [0.717, 1.165) is 17.4 Å². The van der Waals surface area contributed by atoms with E-state index in [1.807, 2.05) is 26.0 Å². The maximum Gasteiger partial charge on any atom is 0.153 e. The number of rotatable bonds is 4. The van der Waals surface area contributed by atoms with Crippen molar-refractivity contribution in [3.63, 3.8) is 0 Å². The molecule has 0 aromatic heterocycles. The van der Waals surface area contributed by atoms with Gasteiger partial charge >= 0.3 is 0 Å². The molecule has 0 aliphatic carbocycles. The molecule has 0 unspecified atom stereocenters. The van der Waals surface area contributed by atoms with Gasteiger partial charge < -0.3 is 4.74 Å². The second-order valence-electron chi connectivity index (χ2n) is 4.30. The van der Waals surface area contributed by atoms with Crippen LogP contribution in [0.15, 0.2) is 12.1 Å². The van der Waals surface area contributed by atoms with Crippen LogP contribution < -0.4 is 4.74 Å². The van der Waals surface area contributed by atoms with Crippen molar-refractivity contribution in [1.29, 1.82) is 0 Å². The van der Waals surface area contributed by atoms with Crippen LogP contribution >= 0.6 is 0 Å². The maximum absolute atomic E-state index is 10.9. The molecule has 0 atom stereocenters. The molecule has 0 N–H and O–H groups in total. The van der Waals surface area contributed by atoms with Gasteiger partial charge in [-0.15, -0.1) is 0 Å². The summed E-state index contributed by atoms with van der Waals surface area (Å²) < 4.78 is 5.59. The van der Waals surface area contributed by atoms with E-state index in [2.05, 4.69) is 13.8 Å². The number of carbonyl (C=O) groups excluding carboxylic acids is 1. The van der Waals surface area contributed by atoms with Crippen LogP contribution in [0.25, 0.3) is 0 Å². The molecular weight excluding hydrogens is 188 g/mol. The van der Waals surface area contributed by atoms with Gasteiger partial charge in [-0.3, -0.25) is 4.79 Å². The molecule has 82 valence electrons. The zero-order valence-electron chi connectivity index (χ0n) is 9.83. The molecule has 0 radical (unpaired) electrons. The Morgan fingerprint density at radius 2 is 1.87 bits per heavy atom. The molecule has 0 aliphatic rings. The predicted molar refractivity (Wildman–Crippen MR) is 61.6 cm³/mol. The summed E-state index contributed by atoms with van der Waals surface area (Å²) in [7, 11) is 0.